The number of rotatable bonds is 2. The summed E-state index contributed by atoms with van der Waals surface area (Å²) in [5, 5.41) is 0.826. The van der Waals surface area contributed by atoms with E-state index in [1.54, 1.807) is 67.6 Å². The van der Waals surface area contributed by atoms with Gasteiger partial charge in [-0.3, -0.25) is 19.2 Å². The van der Waals surface area contributed by atoms with Gasteiger partial charge in [0.1, 0.15) is 0 Å². The summed E-state index contributed by atoms with van der Waals surface area (Å²) in [6.07, 6.45) is -1.000. The molecule has 2 amide bonds. The maximum atomic E-state index is 14.0. The molecule has 3 atom stereocenters. The van der Waals surface area contributed by atoms with Crippen LogP contribution in [0.5, 0.6) is 0 Å². The molecule has 0 saturated carbocycles. The first-order valence-electron chi connectivity index (χ1n) is 11.0. The van der Waals surface area contributed by atoms with E-state index in [9.17, 15) is 19.2 Å². The van der Waals surface area contributed by atoms with Crippen molar-refractivity contribution in [3.8, 4) is 0 Å². The fraction of sp³-hybridized carbons (Fsp3) is 0.185. The summed E-state index contributed by atoms with van der Waals surface area (Å²) in [6, 6.07) is 17.9. The lowest BCUT2D eigenvalue weighted by molar-refractivity contribution is -0.127. The lowest BCUT2D eigenvalue weighted by atomic mass is 9.77. The average molecular weight is 506 g/mol. The van der Waals surface area contributed by atoms with Crippen molar-refractivity contribution >= 4 is 52.3 Å². The molecule has 0 bridgehead atoms. The summed E-state index contributed by atoms with van der Waals surface area (Å²) < 4.78 is 6.25. The number of anilines is 1. The Balaban J connectivity index is 1.56. The first-order valence-corrected chi connectivity index (χ1v) is 11.8. The highest BCUT2D eigenvalue weighted by molar-refractivity contribution is 6.37. The molecule has 2 saturated heterocycles. The number of benzene rings is 3. The lowest BCUT2D eigenvalue weighted by Crippen LogP contribution is -2.51. The minimum atomic E-state index is -2.12. The molecule has 8 heteroatoms. The number of aryl methyl sites for hydroxylation is 1. The highest BCUT2D eigenvalue weighted by Gasteiger charge is 2.74. The van der Waals surface area contributed by atoms with Crippen molar-refractivity contribution in [3.63, 3.8) is 0 Å². The summed E-state index contributed by atoms with van der Waals surface area (Å²) in [5.74, 6) is -4.80. The van der Waals surface area contributed by atoms with Crippen LogP contribution in [0.2, 0.25) is 10.0 Å². The van der Waals surface area contributed by atoms with E-state index >= 15 is 0 Å². The van der Waals surface area contributed by atoms with Crippen LogP contribution < -0.4 is 4.90 Å². The smallest absolute Gasteiger partial charge is 0.241 e. The van der Waals surface area contributed by atoms with Gasteiger partial charge in [0.15, 0.2) is 0 Å². The number of carbonyl (C=O) groups is 4. The van der Waals surface area contributed by atoms with Crippen molar-refractivity contribution in [1.82, 2.24) is 0 Å². The number of ether oxygens (including phenoxy) is 1. The average Bonchev–Trinajstić information content (AvgIpc) is 3.41. The van der Waals surface area contributed by atoms with Crippen LogP contribution in [-0.4, -0.2) is 29.0 Å². The number of Topliss-reactive ketones (excluding diaryl/α,β-unsaturated/α-hetero) is 2. The number of imide groups is 1. The van der Waals surface area contributed by atoms with Gasteiger partial charge in [0.2, 0.25) is 29.0 Å². The first-order chi connectivity index (χ1) is 16.8. The second-order valence-electron chi connectivity index (χ2n) is 8.98. The van der Waals surface area contributed by atoms with Crippen LogP contribution in [0.1, 0.15) is 37.9 Å². The van der Waals surface area contributed by atoms with Crippen LogP contribution in [0.25, 0.3) is 0 Å². The van der Waals surface area contributed by atoms with Gasteiger partial charge in [-0.05, 0) is 42.3 Å². The van der Waals surface area contributed by atoms with Crippen molar-refractivity contribution in [2.75, 3.05) is 4.90 Å². The van der Waals surface area contributed by atoms with Crippen molar-refractivity contribution in [2.24, 2.45) is 11.8 Å². The molecule has 3 aromatic rings. The molecule has 6 nitrogen and oxygen atoms in total. The Hall–Kier alpha value is -3.32. The van der Waals surface area contributed by atoms with E-state index in [2.05, 4.69) is 0 Å². The second-order valence-corrected chi connectivity index (χ2v) is 9.85. The number of hydrogen-bond donors (Lipinski definition) is 0. The highest BCUT2D eigenvalue weighted by Crippen LogP contribution is 2.58. The Morgan fingerprint density at radius 2 is 1.40 bits per heavy atom. The van der Waals surface area contributed by atoms with Crippen LogP contribution in [0.4, 0.5) is 5.69 Å². The number of carbonyl (C=O) groups excluding carboxylic acids is 4. The summed E-state index contributed by atoms with van der Waals surface area (Å²) in [5.41, 5.74) is -0.226. The number of fused-ring (bicyclic) bond motifs is 3. The number of hydrogen-bond acceptors (Lipinski definition) is 5. The minimum absolute atomic E-state index is 0.186. The summed E-state index contributed by atoms with van der Waals surface area (Å²) >= 11 is 12.2. The molecule has 0 unspecified atom stereocenters. The van der Waals surface area contributed by atoms with Crippen LogP contribution in [0, 0.1) is 18.8 Å². The van der Waals surface area contributed by atoms with Gasteiger partial charge in [-0.2, -0.15) is 0 Å². The molecule has 174 valence electrons. The molecule has 3 aliphatic rings. The number of amides is 2. The van der Waals surface area contributed by atoms with E-state index < -0.39 is 46.9 Å². The quantitative estimate of drug-likeness (QED) is 0.361. The number of nitrogens with zero attached hydrogens (tertiary/aromatic N) is 1. The predicted molar refractivity (Wildman–Crippen MR) is 129 cm³/mol. The van der Waals surface area contributed by atoms with Gasteiger partial charge in [0.05, 0.1) is 23.6 Å². The zero-order valence-electron chi connectivity index (χ0n) is 18.3. The molecule has 2 heterocycles. The Labute approximate surface area is 210 Å². The summed E-state index contributed by atoms with van der Waals surface area (Å²) in [7, 11) is 0. The third-order valence-electron chi connectivity index (χ3n) is 7.13. The Kier molecular flexibility index (Phi) is 4.81. The second kappa shape index (κ2) is 7.59. The molecular formula is C27H17Cl2NO5. The van der Waals surface area contributed by atoms with Gasteiger partial charge in [-0.25, -0.2) is 4.90 Å². The monoisotopic (exact) mass is 505 g/mol. The van der Waals surface area contributed by atoms with Crippen molar-refractivity contribution in [2.45, 2.75) is 18.6 Å². The van der Waals surface area contributed by atoms with Crippen molar-refractivity contribution in [1.29, 1.82) is 0 Å². The number of halogens is 2. The van der Waals surface area contributed by atoms with Crippen LogP contribution >= 0.6 is 23.2 Å². The molecule has 1 aliphatic carbocycles. The Morgan fingerprint density at radius 3 is 2.03 bits per heavy atom. The van der Waals surface area contributed by atoms with Crippen molar-refractivity contribution < 1.29 is 23.9 Å². The molecule has 1 spiro atoms. The largest absolute Gasteiger partial charge is 0.349 e. The van der Waals surface area contributed by atoms with E-state index in [0.29, 0.717) is 26.9 Å². The molecule has 35 heavy (non-hydrogen) atoms. The molecular weight excluding hydrogens is 489 g/mol. The minimum Gasteiger partial charge on any atom is -0.349 e. The van der Waals surface area contributed by atoms with Crippen LogP contribution in [0.3, 0.4) is 0 Å². The molecule has 6 rings (SSSR count). The van der Waals surface area contributed by atoms with E-state index in [1.165, 1.54) is 6.07 Å². The lowest BCUT2D eigenvalue weighted by Gasteiger charge is -2.27. The Bertz CT molecular complexity index is 1430. The molecule has 2 aliphatic heterocycles. The standard InChI is InChI=1S/C27H17Cl2NO5/c1-13-6-9-16(29)12-19(13)30-25(33)20-21(26(30)34)27(35-22(20)14-7-10-15(28)11-8-14)23(31)17-4-2-3-5-18(17)24(27)32/h2-12,20-22H,1H3/t20-,21-,22-/m0/s1. The van der Waals surface area contributed by atoms with Gasteiger partial charge < -0.3 is 4.74 Å². The van der Waals surface area contributed by atoms with E-state index in [1.807, 2.05) is 0 Å². The third kappa shape index (κ3) is 2.88. The zero-order chi connectivity index (χ0) is 24.6. The maximum Gasteiger partial charge on any atom is 0.241 e. The predicted octanol–water partition coefficient (Wildman–Crippen LogP) is 5.00. The van der Waals surface area contributed by atoms with E-state index in [4.69, 9.17) is 27.9 Å². The molecule has 0 radical (unpaired) electrons. The maximum absolute atomic E-state index is 14.0. The normalized spacial score (nSPS) is 24.4. The van der Waals surface area contributed by atoms with Gasteiger partial charge in [-0.15, -0.1) is 0 Å². The fourth-order valence-corrected chi connectivity index (χ4v) is 5.82. The third-order valence-corrected chi connectivity index (χ3v) is 7.62. The summed E-state index contributed by atoms with van der Waals surface area (Å²) in [4.78, 5) is 56.4. The van der Waals surface area contributed by atoms with Gasteiger partial charge in [0.25, 0.3) is 0 Å². The van der Waals surface area contributed by atoms with Gasteiger partial charge in [0, 0.05) is 21.2 Å². The summed E-state index contributed by atoms with van der Waals surface area (Å²) in [6.45, 7) is 1.75. The molecule has 3 aromatic carbocycles. The topological polar surface area (TPSA) is 80.8 Å². The van der Waals surface area contributed by atoms with E-state index in [0.717, 1.165) is 4.90 Å². The SMILES string of the molecule is Cc1ccc(Cl)cc1N1C(=O)[C@H]2[C@@H](C1=O)C1(O[C@H]2c2ccc(Cl)cc2)C(=O)c2ccccc2C1=O. The van der Waals surface area contributed by atoms with Crippen LogP contribution in [0.15, 0.2) is 66.7 Å². The van der Waals surface area contributed by atoms with E-state index in [-0.39, 0.29) is 11.1 Å². The molecule has 2 fully saturated rings. The zero-order valence-corrected chi connectivity index (χ0v) is 19.8. The molecule has 0 N–H and O–H groups in total. The Morgan fingerprint density at radius 1 is 0.800 bits per heavy atom. The molecule has 0 aromatic heterocycles. The van der Waals surface area contributed by atoms with Crippen molar-refractivity contribution in [3.05, 3.63) is 99.0 Å². The van der Waals surface area contributed by atoms with Gasteiger partial charge >= 0.3 is 0 Å². The highest BCUT2D eigenvalue weighted by atomic mass is 35.5. The number of ketones is 2. The first kappa shape index (κ1) is 22.2. The fourth-order valence-electron chi connectivity index (χ4n) is 5.53. The van der Waals surface area contributed by atoms with Gasteiger partial charge in [-0.1, -0.05) is 65.7 Å². The van der Waals surface area contributed by atoms with Crippen LogP contribution in [-0.2, 0) is 14.3 Å².